The first-order chi connectivity index (χ1) is 14.0. The van der Waals surface area contributed by atoms with E-state index in [4.69, 9.17) is 4.74 Å². The van der Waals surface area contributed by atoms with Crippen LogP contribution in [0.1, 0.15) is 62.8 Å². The molecule has 6 nitrogen and oxygen atoms in total. The van der Waals surface area contributed by atoms with Crippen LogP contribution in [0.3, 0.4) is 0 Å². The standard InChI is InChI=1S/C23H24N2O4/c1-15-7-5-6-12-24(15)23(28)19-13-16(10-11-20(19)29-2)14-25-21(26)17-8-3-4-9-18(17)22(25)27/h3-4,8-11,13,15H,5-7,12,14H2,1-2H3. The van der Waals surface area contributed by atoms with Crippen molar-refractivity contribution in [1.82, 2.24) is 9.80 Å². The zero-order chi connectivity index (χ0) is 20.5. The topological polar surface area (TPSA) is 66.9 Å². The molecular weight excluding hydrogens is 368 g/mol. The fraction of sp³-hybridized carbons (Fsp3) is 0.348. The van der Waals surface area contributed by atoms with Crippen molar-refractivity contribution < 1.29 is 19.1 Å². The van der Waals surface area contributed by atoms with Gasteiger partial charge >= 0.3 is 0 Å². The van der Waals surface area contributed by atoms with Crippen LogP contribution in [0.2, 0.25) is 0 Å². The Bertz CT molecular complexity index is 950. The van der Waals surface area contributed by atoms with Crippen molar-refractivity contribution in [3.8, 4) is 5.75 Å². The number of hydrogen-bond donors (Lipinski definition) is 0. The quantitative estimate of drug-likeness (QED) is 0.747. The van der Waals surface area contributed by atoms with Gasteiger partial charge in [-0.3, -0.25) is 19.3 Å². The molecule has 2 aromatic carbocycles. The largest absolute Gasteiger partial charge is 0.496 e. The molecule has 0 aromatic heterocycles. The van der Waals surface area contributed by atoms with E-state index >= 15 is 0 Å². The van der Waals surface area contributed by atoms with Crippen molar-refractivity contribution in [3.63, 3.8) is 0 Å². The molecule has 0 aliphatic carbocycles. The van der Waals surface area contributed by atoms with Crippen LogP contribution in [0.4, 0.5) is 0 Å². The summed E-state index contributed by atoms with van der Waals surface area (Å²) in [6.07, 6.45) is 3.11. The molecule has 150 valence electrons. The van der Waals surface area contributed by atoms with E-state index in [1.807, 2.05) is 4.90 Å². The Morgan fingerprint density at radius 2 is 1.76 bits per heavy atom. The number of nitrogens with zero attached hydrogens (tertiary/aromatic N) is 2. The van der Waals surface area contributed by atoms with Crippen LogP contribution < -0.4 is 4.74 Å². The Kier molecular flexibility index (Phi) is 5.09. The number of rotatable bonds is 4. The highest BCUT2D eigenvalue weighted by molar-refractivity contribution is 6.21. The summed E-state index contributed by atoms with van der Waals surface area (Å²) in [4.78, 5) is 41.6. The lowest BCUT2D eigenvalue weighted by Crippen LogP contribution is -2.42. The maximum Gasteiger partial charge on any atom is 0.261 e. The summed E-state index contributed by atoms with van der Waals surface area (Å²) in [7, 11) is 1.54. The van der Waals surface area contributed by atoms with Crippen LogP contribution in [-0.2, 0) is 6.54 Å². The first kappa shape index (κ1) is 19.2. The Balaban J connectivity index is 1.61. The molecular formula is C23H24N2O4. The normalized spacial score (nSPS) is 18.8. The second-order valence-electron chi connectivity index (χ2n) is 7.62. The maximum atomic E-state index is 13.2. The van der Waals surface area contributed by atoms with Gasteiger partial charge in [0, 0.05) is 12.6 Å². The van der Waals surface area contributed by atoms with Crippen LogP contribution in [0.25, 0.3) is 0 Å². The molecule has 1 fully saturated rings. The number of methoxy groups -OCH3 is 1. The Labute approximate surface area is 170 Å². The minimum atomic E-state index is -0.307. The van der Waals surface area contributed by atoms with Gasteiger partial charge in [0.2, 0.25) is 0 Å². The van der Waals surface area contributed by atoms with Crippen molar-refractivity contribution in [2.24, 2.45) is 0 Å². The minimum absolute atomic E-state index is 0.0711. The Morgan fingerprint density at radius 1 is 1.07 bits per heavy atom. The number of carbonyl (C=O) groups is 3. The predicted octanol–water partition coefficient (Wildman–Crippen LogP) is 3.51. The molecule has 29 heavy (non-hydrogen) atoms. The molecule has 0 spiro atoms. The van der Waals surface area contributed by atoms with Crippen molar-refractivity contribution in [3.05, 3.63) is 64.7 Å². The van der Waals surface area contributed by atoms with Crippen LogP contribution in [0.5, 0.6) is 5.75 Å². The molecule has 4 rings (SSSR count). The predicted molar refractivity (Wildman–Crippen MR) is 108 cm³/mol. The van der Waals surface area contributed by atoms with E-state index in [2.05, 4.69) is 6.92 Å². The molecule has 1 unspecified atom stereocenters. The molecule has 0 bridgehead atoms. The molecule has 0 N–H and O–H groups in total. The first-order valence-corrected chi connectivity index (χ1v) is 9.94. The van der Waals surface area contributed by atoms with Crippen LogP contribution in [0, 0.1) is 0 Å². The monoisotopic (exact) mass is 392 g/mol. The molecule has 1 atom stereocenters. The van der Waals surface area contributed by atoms with Gasteiger partial charge in [0.25, 0.3) is 17.7 Å². The Morgan fingerprint density at radius 3 is 2.38 bits per heavy atom. The zero-order valence-corrected chi connectivity index (χ0v) is 16.7. The number of amides is 3. The molecule has 2 aliphatic rings. The van der Waals surface area contributed by atoms with Gasteiger partial charge in [-0.2, -0.15) is 0 Å². The van der Waals surface area contributed by atoms with Crippen molar-refractivity contribution in [2.45, 2.75) is 38.8 Å². The average Bonchev–Trinajstić information content (AvgIpc) is 2.98. The molecule has 2 heterocycles. The number of carbonyl (C=O) groups excluding carboxylic acids is 3. The summed E-state index contributed by atoms with van der Waals surface area (Å²) in [5.74, 6) is -0.185. The third-order valence-electron chi connectivity index (χ3n) is 5.78. The number of hydrogen-bond acceptors (Lipinski definition) is 4. The fourth-order valence-electron chi connectivity index (χ4n) is 4.14. The summed E-state index contributed by atoms with van der Waals surface area (Å²) in [5.41, 5.74) is 2.03. The number of piperidine rings is 1. The fourth-order valence-corrected chi connectivity index (χ4v) is 4.14. The number of imide groups is 1. The second-order valence-corrected chi connectivity index (χ2v) is 7.62. The third kappa shape index (κ3) is 3.39. The van der Waals surface area contributed by atoms with Crippen molar-refractivity contribution in [2.75, 3.05) is 13.7 Å². The van der Waals surface area contributed by atoms with Gasteiger partial charge in [-0.25, -0.2) is 0 Å². The van der Waals surface area contributed by atoms with Gasteiger partial charge < -0.3 is 9.64 Å². The molecule has 2 aromatic rings. The highest BCUT2D eigenvalue weighted by Crippen LogP contribution is 2.28. The molecule has 3 amide bonds. The third-order valence-corrected chi connectivity index (χ3v) is 5.78. The van der Waals surface area contributed by atoms with Gasteiger partial charge in [0.05, 0.1) is 30.3 Å². The van der Waals surface area contributed by atoms with Gasteiger partial charge in [0.1, 0.15) is 5.75 Å². The number of ether oxygens (including phenoxy) is 1. The lowest BCUT2D eigenvalue weighted by molar-refractivity contribution is 0.0629. The number of fused-ring (bicyclic) bond motifs is 1. The molecule has 2 aliphatic heterocycles. The lowest BCUT2D eigenvalue weighted by atomic mass is 10.0. The summed E-state index contributed by atoms with van der Waals surface area (Å²) in [6, 6.07) is 12.3. The Hall–Kier alpha value is -3.15. The van der Waals surface area contributed by atoms with Crippen molar-refractivity contribution in [1.29, 1.82) is 0 Å². The second kappa shape index (κ2) is 7.70. The first-order valence-electron chi connectivity index (χ1n) is 9.94. The molecule has 6 heteroatoms. The molecule has 0 radical (unpaired) electrons. The van der Waals surface area contributed by atoms with Crippen molar-refractivity contribution >= 4 is 17.7 Å². The molecule has 0 saturated carbocycles. The van der Waals surface area contributed by atoms with E-state index in [1.165, 1.54) is 12.0 Å². The maximum absolute atomic E-state index is 13.2. The van der Waals surface area contributed by atoms with Gasteiger partial charge in [-0.15, -0.1) is 0 Å². The summed E-state index contributed by atoms with van der Waals surface area (Å²) < 4.78 is 5.42. The van der Waals surface area contributed by atoms with Gasteiger partial charge in [0.15, 0.2) is 0 Å². The van der Waals surface area contributed by atoms with E-state index in [0.717, 1.165) is 25.8 Å². The summed E-state index contributed by atoms with van der Waals surface area (Å²) in [5, 5.41) is 0. The van der Waals surface area contributed by atoms with E-state index in [-0.39, 0.29) is 30.3 Å². The summed E-state index contributed by atoms with van der Waals surface area (Å²) >= 11 is 0. The van der Waals surface area contributed by atoms with E-state index < -0.39 is 0 Å². The number of benzene rings is 2. The highest BCUT2D eigenvalue weighted by Gasteiger charge is 2.35. The average molecular weight is 392 g/mol. The highest BCUT2D eigenvalue weighted by atomic mass is 16.5. The van der Waals surface area contributed by atoms with Gasteiger partial charge in [-0.1, -0.05) is 18.2 Å². The minimum Gasteiger partial charge on any atom is -0.496 e. The van der Waals surface area contributed by atoms with E-state index in [0.29, 0.717) is 28.0 Å². The van der Waals surface area contributed by atoms with Crippen LogP contribution >= 0.6 is 0 Å². The zero-order valence-electron chi connectivity index (χ0n) is 16.7. The van der Waals surface area contributed by atoms with Crippen LogP contribution in [-0.4, -0.2) is 47.2 Å². The number of likely N-dealkylation sites (tertiary alicyclic amines) is 1. The van der Waals surface area contributed by atoms with Gasteiger partial charge in [-0.05, 0) is 56.0 Å². The SMILES string of the molecule is COc1ccc(CN2C(=O)c3ccccc3C2=O)cc1C(=O)N1CCCCC1C. The summed E-state index contributed by atoms with van der Waals surface area (Å²) in [6.45, 7) is 2.91. The van der Waals surface area contributed by atoms with E-state index in [9.17, 15) is 14.4 Å². The lowest BCUT2D eigenvalue weighted by Gasteiger charge is -2.33. The van der Waals surface area contributed by atoms with E-state index in [1.54, 1.807) is 42.5 Å². The molecule has 1 saturated heterocycles. The smallest absolute Gasteiger partial charge is 0.261 e. The van der Waals surface area contributed by atoms with Crippen LogP contribution in [0.15, 0.2) is 42.5 Å².